The van der Waals surface area contributed by atoms with E-state index < -0.39 is 29.0 Å². The number of aliphatic hydroxyl groups is 1. The number of pyridine rings is 2. The minimum atomic E-state index is -0.956. The van der Waals surface area contributed by atoms with Crippen LogP contribution in [0.25, 0.3) is 11.0 Å². The Kier molecular flexibility index (Phi) is 4.08. The van der Waals surface area contributed by atoms with E-state index in [2.05, 4.69) is 4.98 Å². The van der Waals surface area contributed by atoms with Crippen LogP contribution in [0.5, 0.6) is 0 Å². The highest BCUT2D eigenvalue weighted by atomic mass is 35.5. The SMILES string of the molecule is CCOC(=O)c1cn(C2CC2)c2nc(Cl)c(F)c(CO)c2c1=O. The van der Waals surface area contributed by atoms with E-state index in [4.69, 9.17) is 16.3 Å². The third-order valence-electron chi connectivity index (χ3n) is 3.75. The van der Waals surface area contributed by atoms with Crippen molar-refractivity contribution in [2.45, 2.75) is 32.4 Å². The number of fused-ring (bicyclic) bond motifs is 1. The Hall–Kier alpha value is -1.99. The van der Waals surface area contributed by atoms with Crippen LogP contribution in [0.4, 0.5) is 4.39 Å². The van der Waals surface area contributed by atoms with Crippen molar-refractivity contribution < 1.29 is 19.0 Å². The van der Waals surface area contributed by atoms with Gasteiger partial charge in [-0.05, 0) is 19.8 Å². The minimum absolute atomic E-state index is 0.0619. The summed E-state index contributed by atoms with van der Waals surface area (Å²) < 4.78 is 20.6. The molecule has 1 aliphatic carbocycles. The molecule has 0 atom stereocenters. The molecule has 0 amide bonds. The van der Waals surface area contributed by atoms with Gasteiger partial charge in [-0.15, -0.1) is 0 Å². The number of aliphatic hydroxyl groups excluding tert-OH is 1. The van der Waals surface area contributed by atoms with E-state index in [1.54, 1.807) is 11.5 Å². The smallest absolute Gasteiger partial charge is 0.343 e. The molecule has 3 rings (SSSR count). The molecule has 23 heavy (non-hydrogen) atoms. The number of hydrogen-bond acceptors (Lipinski definition) is 5. The lowest BCUT2D eigenvalue weighted by Crippen LogP contribution is -2.23. The van der Waals surface area contributed by atoms with Crippen LogP contribution in [-0.4, -0.2) is 27.2 Å². The van der Waals surface area contributed by atoms with Crippen LogP contribution in [-0.2, 0) is 11.3 Å². The monoisotopic (exact) mass is 340 g/mol. The minimum Gasteiger partial charge on any atom is -0.462 e. The number of carbonyl (C=O) groups is 1. The molecule has 0 saturated heterocycles. The average Bonchev–Trinajstić information content (AvgIpc) is 3.34. The summed E-state index contributed by atoms with van der Waals surface area (Å²) >= 11 is 5.77. The molecule has 1 fully saturated rings. The molecule has 0 unspecified atom stereocenters. The number of esters is 1. The van der Waals surface area contributed by atoms with E-state index >= 15 is 0 Å². The Morgan fingerprint density at radius 1 is 1.57 bits per heavy atom. The zero-order chi connectivity index (χ0) is 16.7. The maximum absolute atomic E-state index is 14.1. The summed E-state index contributed by atoms with van der Waals surface area (Å²) in [6.45, 7) is 1.01. The second-order valence-corrected chi connectivity index (χ2v) is 5.64. The summed E-state index contributed by atoms with van der Waals surface area (Å²) in [5.41, 5.74) is -1.02. The molecule has 1 aliphatic rings. The Bertz CT molecular complexity index is 861. The molecular formula is C15H14ClFN2O4. The number of hydrogen-bond donors (Lipinski definition) is 1. The van der Waals surface area contributed by atoms with Gasteiger partial charge in [-0.3, -0.25) is 4.79 Å². The third-order valence-corrected chi connectivity index (χ3v) is 4.00. The van der Waals surface area contributed by atoms with Gasteiger partial charge in [-0.25, -0.2) is 14.2 Å². The number of halogens is 2. The van der Waals surface area contributed by atoms with Crippen molar-refractivity contribution in [3.05, 3.63) is 38.5 Å². The lowest BCUT2D eigenvalue weighted by atomic mass is 10.1. The van der Waals surface area contributed by atoms with Crippen LogP contribution in [0, 0.1) is 5.82 Å². The third kappa shape index (κ3) is 2.60. The molecule has 0 spiro atoms. The Morgan fingerprint density at radius 2 is 2.26 bits per heavy atom. The van der Waals surface area contributed by atoms with Crippen LogP contribution in [0.3, 0.4) is 0 Å². The lowest BCUT2D eigenvalue weighted by Gasteiger charge is -2.14. The van der Waals surface area contributed by atoms with Crippen molar-refractivity contribution in [3.8, 4) is 0 Å². The van der Waals surface area contributed by atoms with E-state index in [0.29, 0.717) is 0 Å². The summed E-state index contributed by atoms with van der Waals surface area (Å²) in [4.78, 5) is 28.6. The van der Waals surface area contributed by atoms with Gasteiger partial charge in [0.05, 0.1) is 18.6 Å². The van der Waals surface area contributed by atoms with E-state index in [1.165, 1.54) is 6.20 Å². The normalized spacial score (nSPS) is 14.3. The Labute approximate surface area is 135 Å². The van der Waals surface area contributed by atoms with Gasteiger partial charge in [0.2, 0.25) is 5.43 Å². The number of rotatable bonds is 4. The predicted molar refractivity (Wildman–Crippen MR) is 81.1 cm³/mol. The number of aromatic nitrogens is 2. The first kappa shape index (κ1) is 15.9. The standard InChI is InChI=1S/C15H14ClFN2O4/c1-2-23-15(22)8-5-19(7-3-4-7)14-10(12(8)21)9(6-20)11(17)13(16)18-14/h5,7,20H,2-4,6H2,1H3. The molecule has 0 bridgehead atoms. The summed E-state index contributed by atoms with van der Waals surface area (Å²) in [6.07, 6.45) is 3.08. The van der Waals surface area contributed by atoms with Gasteiger partial charge in [0.1, 0.15) is 11.2 Å². The zero-order valence-corrected chi connectivity index (χ0v) is 13.1. The van der Waals surface area contributed by atoms with Crippen LogP contribution >= 0.6 is 11.6 Å². The summed E-state index contributed by atoms with van der Waals surface area (Å²) in [6, 6.07) is 0.0619. The van der Waals surface area contributed by atoms with E-state index in [9.17, 15) is 19.1 Å². The molecule has 1 N–H and O–H groups in total. The highest BCUT2D eigenvalue weighted by molar-refractivity contribution is 6.30. The molecule has 2 aromatic heterocycles. The fraction of sp³-hybridized carbons (Fsp3) is 0.400. The molecule has 8 heteroatoms. The van der Waals surface area contributed by atoms with Crippen molar-refractivity contribution >= 4 is 28.6 Å². The second-order valence-electron chi connectivity index (χ2n) is 5.28. The number of ether oxygens (including phenoxy) is 1. The van der Waals surface area contributed by atoms with Gasteiger partial charge >= 0.3 is 5.97 Å². The van der Waals surface area contributed by atoms with Crippen molar-refractivity contribution in [1.82, 2.24) is 9.55 Å². The Balaban J connectivity index is 2.41. The van der Waals surface area contributed by atoms with Crippen molar-refractivity contribution in [3.63, 3.8) is 0 Å². The van der Waals surface area contributed by atoms with E-state index in [-0.39, 0.29) is 34.8 Å². The van der Waals surface area contributed by atoms with Crippen LogP contribution in [0.2, 0.25) is 5.15 Å². The van der Waals surface area contributed by atoms with Gasteiger partial charge in [0.15, 0.2) is 11.0 Å². The Morgan fingerprint density at radius 3 is 2.83 bits per heavy atom. The molecule has 2 aromatic rings. The van der Waals surface area contributed by atoms with Crippen molar-refractivity contribution in [2.75, 3.05) is 6.61 Å². The van der Waals surface area contributed by atoms with Gasteiger partial charge in [0, 0.05) is 17.8 Å². The topological polar surface area (TPSA) is 81.4 Å². The van der Waals surface area contributed by atoms with Crippen LogP contribution in [0.15, 0.2) is 11.0 Å². The quantitative estimate of drug-likeness (QED) is 0.681. The second kappa shape index (κ2) is 5.90. The maximum Gasteiger partial charge on any atom is 0.343 e. The largest absolute Gasteiger partial charge is 0.462 e. The van der Waals surface area contributed by atoms with Gasteiger partial charge in [-0.1, -0.05) is 11.6 Å². The van der Waals surface area contributed by atoms with Crippen molar-refractivity contribution in [1.29, 1.82) is 0 Å². The number of carbonyl (C=O) groups excluding carboxylic acids is 1. The highest BCUT2D eigenvalue weighted by Crippen LogP contribution is 2.37. The summed E-state index contributed by atoms with van der Waals surface area (Å²) in [7, 11) is 0. The molecule has 1 saturated carbocycles. The molecule has 0 radical (unpaired) electrons. The molecule has 0 aliphatic heterocycles. The highest BCUT2D eigenvalue weighted by Gasteiger charge is 2.30. The molecule has 0 aromatic carbocycles. The fourth-order valence-corrected chi connectivity index (χ4v) is 2.71. The zero-order valence-electron chi connectivity index (χ0n) is 12.3. The number of nitrogens with zero attached hydrogens (tertiary/aromatic N) is 2. The van der Waals surface area contributed by atoms with E-state index in [0.717, 1.165) is 12.8 Å². The van der Waals surface area contributed by atoms with E-state index in [1.807, 2.05) is 0 Å². The van der Waals surface area contributed by atoms with Crippen LogP contribution < -0.4 is 5.43 Å². The predicted octanol–water partition coefficient (Wildman–Crippen LogP) is 2.19. The first-order valence-corrected chi connectivity index (χ1v) is 7.58. The molecule has 2 heterocycles. The first-order chi connectivity index (χ1) is 11.0. The summed E-state index contributed by atoms with van der Waals surface area (Å²) in [5, 5.41) is 8.90. The molecular weight excluding hydrogens is 327 g/mol. The first-order valence-electron chi connectivity index (χ1n) is 7.20. The molecule has 6 nitrogen and oxygen atoms in total. The lowest BCUT2D eigenvalue weighted by molar-refractivity contribution is 0.0524. The fourth-order valence-electron chi connectivity index (χ4n) is 2.52. The average molecular weight is 341 g/mol. The van der Waals surface area contributed by atoms with Gasteiger partial charge in [-0.2, -0.15) is 0 Å². The van der Waals surface area contributed by atoms with Gasteiger partial charge in [0.25, 0.3) is 0 Å². The van der Waals surface area contributed by atoms with Crippen LogP contribution in [0.1, 0.15) is 41.7 Å². The molecule has 122 valence electrons. The maximum atomic E-state index is 14.1. The summed E-state index contributed by atoms with van der Waals surface area (Å²) in [5.74, 6) is -1.74. The van der Waals surface area contributed by atoms with Gasteiger partial charge < -0.3 is 14.4 Å². The van der Waals surface area contributed by atoms with Crippen molar-refractivity contribution in [2.24, 2.45) is 0 Å².